The second-order valence-electron chi connectivity index (χ2n) is 0. The van der Waals surface area contributed by atoms with Crippen molar-refractivity contribution in [3.8, 4) is 0 Å². The summed E-state index contributed by atoms with van der Waals surface area (Å²) in [5, 5.41) is 0. The third-order valence-corrected chi connectivity index (χ3v) is 0. The molecule has 0 unspecified atom stereocenters. The first-order valence-corrected chi connectivity index (χ1v) is 0. The predicted octanol–water partition coefficient (Wildman–Crippen LogP) is -0.388. The summed E-state index contributed by atoms with van der Waals surface area (Å²) in [6, 6.07) is 0. The molecule has 4 radical (unpaired) electrons. The molecule has 4 heavy (non-hydrogen) atoms. The summed E-state index contributed by atoms with van der Waals surface area (Å²) in [7, 11) is 0. The van der Waals surface area contributed by atoms with Gasteiger partial charge in [-0.3, -0.25) is 0 Å². The van der Waals surface area contributed by atoms with Gasteiger partial charge < -0.3 is 0 Å². The molecule has 0 aromatic rings. The van der Waals surface area contributed by atoms with Crippen LogP contribution >= 0.6 is 0 Å². The Morgan fingerprint density at radius 3 is 1.00 bits per heavy atom. The van der Waals surface area contributed by atoms with Crippen molar-refractivity contribution in [3.63, 3.8) is 0 Å². The van der Waals surface area contributed by atoms with Crippen LogP contribution < -0.4 is 0 Å². The fourth-order valence-electron chi connectivity index (χ4n) is 0. The van der Waals surface area contributed by atoms with E-state index in [1.165, 1.54) is 0 Å². The largest absolute Gasteiger partial charge is 0 e. The second-order valence-corrected chi connectivity index (χ2v) is 0. The van der Waals surface area contributed by atoms with Crippen LogP contribution in [0, 0.1) is 0 Å². The SMILES string of the molecule is [Ni].[Pt].[Ru].[Sn]. The normalized spacial score (nSPS) is 0. The molecule has 0 nitrogen and oxygen atoms in total. The minimum absolute atomic E-state index is 0. The molecule has 0 saturated carbocycles. The van der Waals surface area contributed by atoms with Crippen molar-refractivity contribution in [2.45, 2.75) is 0 Å². The van der Waals surface area contributed by atoms with Crippen molar-refractivity contribution in [2.24, 2.45) is 0 Å². The molecule has 0 heterocycles. The van der Waals surface area contributed by atoms with Gasteiger partial charge in [-0.25, -0.2) is 0 Å². The van der Waals surface area contributed by atoms with Gasteiger partial charge >= 0.3 is 0 Å². The topological polar surface area (TPSA) is 0 Å². The average molecular weight is 474 g/mol. The fourth-order valence-corrected chi connectivity index (χ4v) is 0. The summed E-state index contributed by atoms with van der Waals surface area (Å²) in [6.45, 7) is 0. The third kappa shape index (κ3) is 8.82. The van der Waals surface area contributed by atoms with Crippen LogP contribution in [-0.4, -0.2) is 23.9 Å². The van der Waals surface area contributed by atoms with Crippen molar-refractivity contribution in [1.82, 2.24) is 0 Å². The van der Waals surface area contributed by atoms with E-state index in [1.54, 1.807) is 0 Å². The molecule has 0 aromatic heterocycles. The molecule has 0 atom stereocenters. The summed E-state index contributed by atoms with van der Waals surface area (Å²) in [5.74, 6) is 0. The van der Waals surface area contributed by atoms with E-state index >= 15 is 0 Å². The van der Waals surface area contributed by atoms with Gasteiger partial charge in [0, 0.05) is 80.9 Å². The molecule has 0 aliphatic rings. The van der Waals surface area contributed by atoms with E-state index in [2.05, 4.69) is 0 Å². The van der Waals surface area contributed by atoms with Gasteiger partial charge in [0.2, 0.25) is 0 Å². The smallest absolute Gasteiger partial charge is 0 e. The molecule has 0 amide bonds. The van der Waals surface area contributed by atoms with E-state index in [1.807, 2.05) is 0 Å². The van der Waals surface area contributed by atoms with Crippen LogP contribution in [-0.2, 0) is 57.0 Å². The summed E-state index contributed by atoms with van der Waals surface area (Å²) in [4.78, 5) is 0. The maximum Gasteiger partial charge on any atom is 0 e. The van der Waals surface area contributed by atoms with Crippen LogP contribution in [0.3, 0.4) is 0 Å². The van der Waals surface area contributed by atoms with Crippen molar-refractivity contribution in [1.29, 1.82) is 0 Å². The fraction of sp³-hybridized carbons (Fsp3) is 0. The summed E-state index contributed by atoms with van der Waals surface area (Å²) < 4.78 is 0. The van der Waals surface area contributed by atoms with E-state index in [9.17, 15) is 0 Å². The molecule has 4 heteroatoms. The Hall–Kier alpha value is 2.60. The van der Waals surface area contributed by atoms with Crippen molar-refractivity contribution < 1.29 is 57.0 Å². The van der Waals surface area contributed by atoms with Gasteiger partial charge in [-0.2, -0.15) is 0 Å². The Kier molecular flexibility index (Phi) is 134. The Morgan fingerprint density at radius 1 is 1.00 bits per heavy atom. The zero-order chi connectivity index (χ0) is 0. The summed E-state index contributed by atoms with van der Waals surface area (Å²) >= 11 is 0. The van der Waals surface area contributed by atoms with Crippen molar-refractivity contribution in [3.05, 3.63) is 0 Å². The van der Waals surface area contributed by atoms with Gasteiger partial charge in [-0.1, -0.05) is 0 Å². The predicted molar refractivity (Wildman–Crippen MR) is 5.75 cm³/mol. The van der Waals surface area contributed by atoms with Crippen molar-refractivity contribution in [2.75, 3.05) is 0 Å². The molecular formula is NiPtRuSn. The van der Waals surface area contributed by atoms with Gasteiger partial charge in [0.15, 0.2) is 0 Å². The summed E-state index contributed by atoms with van der Waals surface area (Å²) in [6.07, 6.45) is 0. The van der Waals surface area contributed by atoms with Crippen LogP contribution in [0.2, 0.25) is 0 Å². The van der Waals surface area contributed by atoms with E-state index in [-0.39, 0.29) is 80.9 Å². The molecular weight excluding hydrogens is 474 g/mol. The molecule has 0 N–H and O–H groups in total. The monoisotopic (exact) mass is 475 g/mol. The Balaban J connectivity index is 0. The zero-order valence-corrected chi connectivity index (χ0v) is 9.34. The third-order valence-electron chi connectivity index (χ3n) is 0. The standard InChI is InChI=1S/Ni.Pt.Ru.Sn. The molecule has 0 saturated heterocycles. The first-order valence-electron chi connectivity index (χ1n) is 0. The van der Waals surface area contributed by atoms with Gasteiger partial charge in [0.05, 0.1) is 0 Å². The Morgan fingerprint density at radius 2 is 1.00 bits per heavy atom. The quantitative estimate of drug-likeness (QED) is 0.421. The average Bonchev–Trinajstić information content (AvgIpc) is 0. The van der Waals surface area contributed by atoms with Crippen molar-refractivity contribution >= 4 is 23.9 Å². The number of hydrogen-bond donors (Lipinski definition) is 0. The molecule has 0 bridgehead atoms. The first kappa shape index (κ1) is 30.6. The zero-order valence-electron chi connectivity index (χ0n) is 1.49. The van der Waals surface area contributed by atoms with E-state index < -0.39 is 0 Å². The first-order chi connectivity index (χ1) is 0. The molecule has 0 fully saturated rings. The maximum absolute atomic E-state index is 0. The van der Waals surface area contributed by atoms with E-state index in [0.29, 0.717) is 0 Å². The number of rotatable bonds is 0. The van der Waals surface area contributed by atoms with Gasteiger partial charge in [-0.05, 0) is 0 Å². The second kappa shape index (κ2) is 17.5. The van der Waals surface area contributed by atoms with Crippen LogP contribution in [0.1, 0.15) is 0 Å². The maximum atomic E-state index is 0. The molecule has 0 aromatic carbocycles. The summed E-state index contributed by atoms with van der Waals surface area (Å²) in [5.41, 5.74) is 0. The molecule has 0 spiro atoms. The molecule has 32 valence electrons. The Labute approximate surface area is 79.8 Å². The van der Waals surface area contributed by atoms with E-state index in [0.717, 1.165) is 0 Å². The minimum Gasteiger partial charge on any atom is 0 e. The van der Waals surface area contributed by atoms with Gasteiger partial charge in [-0.15, -0.1) is 0 Å². The van der Waals surface area contributed by atoms with Gasteiger partial charge in [0.25, 0.3) is 0 Å². The van der Waals surface area contributed by atoms with Crippen LogP contribution in [0.15, 0.2) is 0 Å². The van der Waals surface area contributed by atoms with Gasteiger partial charge in [0.1, 0.15) is 0 Å². The Bertz CT molecular complexity index is 8.00. The van der Waals surface area contributed by atoms with E-state index in [4.69, 9.17) is 0 Å². The molecule has 0 aliphatic heterocycles. The van der Waals surface area contributed by atoms with Crippen LogP contribution in [0.4, 0.5) is 0 Å². The molecule has 0 aliphatic carbocycles. The van der Waals surface area contributed by atoms with Crippen LogP contribution in [0.5, 0.6) is 0 Å². The minimum atomic E-state index is 0. The molecule has 0 rings (SSSR count). The van der Waals surface area contributed by atoms with Crippen LogP contribution in [0.25, 0.3) is 0 Å². The number of hydrogen-bond acceptors (Lipinski definition) is 0.